The molecule has 8 heteroatoms. The summed E-state index contributed by atoms with van der Waals surface area (Å²) in [6.07, 6.45) is 3.16. The number of hydrogen-bond acceptors (Lipinski definition) is 4. The second-order valence-electron chi connectivity index (χ2n) is 6.79. The SMILES string of the molecule is COc1ccc(NC(=O)CNc2cc(Cl)ccc2C(=O)N2CCCCC2)cc1Cl. The lowest BCUT2D eigenvalue weighted by Gasteiger charge is -2.27. The number of methoxy groups -OCH3 is 1. The summed E-state index contributed by atoms with van der Waals surface area (Å²) in [5.74, 6) is 0.205. The van der Waals surface area contributed by atoms with E-state index in [0.717, 1.165) is 32.4 Å². The molecule has 0 saturated carbocycles. The number of nitrogens with one attached hydrogen (secondary N) is 2. The molecule has 1 aliphatic rings. The van der Waals surface area contributed by atoms with Crippen LogP contribution in [0, 0.1) is 0 Å². The average molecular weight is 436 g/mol. The minimum Gasteiger partial charge on any atom is -0.495 e. The van der Waals surface area contributed by atoms with Gasteiger partial charge in [0.05, 0.1) is 24.2 Å². The number of ether oxygens (including phenoxy) is 1. The summed E-state index contributed by atoms with van der Waals surface area (Å²) in [5.41, 5.74) is 1.60. The minimum absolute atomic E-state index is 0.0235. The van der Waals surface area contributed by atoms with Crippen LogP contribution in [-0.2, 0) is 4.79 Å². The molecule has 1 fully saturated rings. The molecule has 3 rings (SSSR count). The molecule has 0 atom stereocenters. The maximum absolute atomic E-state index is 12.9. The van der Waals surface area contributed by atoms with Gasteiger partial charge in [-0.2, -0.15) is 0 Å². The number of rotatable bonds is 6. The van der Waals surface area contributed by atoms with Gasteiger partial charge in [0, 0.05) is 29.5 Å². The van der Waals surface area contributed by atoms with Crippen LogP contribution in [0.15, 0.2) is 36.4 Å². The van der Waals surface area contributed by atoms with E-state index in [1.807, 2.05) is 4.90 Å². The fourth-order valence-electron chi connectivity index (χ4n) is 3.24. The number of amides is 2. The van der Waals surface area contributed by atoms with E-state index in [9.17, 15) is 9.59 Å². The third kappa shape index (κ3) is 5.55. The molecule has 154 valence electrons. The van der Waals surface area contributed by atoms with Crippen molar-refractivity contribution in [3.8, 4) is 5.75 Å². The Morgan fingerprint density at radius 3 is 2.52 bits per heavy atom. The zero-order chi connectivity index (χ0) is 20.8. The van der Waals surface area contributed by atoms with Crippen LogP contribution in [0.5, 0.6) is 5.75 Å². The number of likely N-dealkylation sites (tertiary alicyclic amines) is 1. The number of piperidine rings is 1. The van der Waals surface area contributed by atoms with Gasteiger partial charge in [0.15, 0.2) is 0 Å². The van der Waals surface area contributed by atoms with Crippen molar-refractivity contribution in [2.75, 3.05) is 37.4 Å². The molecule has 0 unspecified atom stereocenters. The molecule has 0 radical (unpaired) electrons. The van der Waals surface area contributed by atoms with Gasteiger partial charge in [0.1, 0.15) is 5.75 Å². The van der Waals surface area contributed by atoms with Crippen LogP contribution in [0.1, 0.15) is 29.6 Å². The summed E-state index contributed by atoms with van der Waals surface area (Å²) >= 11 is 12.2. The molecule has 0 bridgehead atoms. The van der Waals surface area contributed by atoms with E-state index < -0.39 is 0 Å². The summed E-state index contributed by atoms with van der Waals surface area (Å²) in [5, 5.41) is 6.69. The Balaban J connectivity index is 1.66. The van der Waals surface area contributed by atoms with Crippen molar-refractivity contribution in [1.82, 2.24) is 4.90 Å². The molecule has 2 N–H and O–H groups in total. The van der Waals surface area contributed by atoms with Crippen LogP contribution in [0.2, 0.25) is 10.0 Å². The van der Waals surface area contributed by atoms with E-state index in [1.54, 1.807) is 36.4 Å². The van der Waals surface area contributed by atoms with Crippen LogP contribution in [0.25, 0.3) is 0 Å². The Bertz CT molecular complexity index is 899. The Morgan fingerprint density at radius 2 is 1.83 bits per heavy atom. The fourth-order valence-corrected chi connectivity index (χ4v) is 3.67. The smallest absolute Gasteiger partial charge is 0.255 e. The maximum Gasteiger partial charge on any atom is 0.255 e. The van der Waals surface area contributed by atoms with E-state index in [1.165, 1.54) is 7.11 Å². The molecule has 0 spiro atoms. The molecule has 2 amide bonds. The van der Waals surface area contributed by atoms with Gasteiger partial charge >= 0.3 is 0 Å². The van der Waals surface area contributed by atoms with Crippen LogP contribution >= 0.6 is 23.2 Å². The van der Waals surface area contributed by atoms with Gasteiger partial charge in [-0.1, -0.05) is 23.2 Å². The Hall–Kier alpha value is -2.44. The van der Waals surface area contributed by atoms with Crippen molar-refractivity contribution >= 4 is 46.4 Å². The summed E-state index contributed by atoms with van der Waals surface area (Å²) in [7, 11) is 1.52. The van der Waals surface area contributed by atoms with Gasteiger partial charge in [0.2, 0.25) is 5.91 Å². The lowest BCUT2D eigenvalue weighted by molar-refractivity contribution is -0.114. The van der Waals surface area contributed by atoms with Crippen molar-refractivity contribution in [3.63, 3.8) is 0 Å². The predicted molar refractivity (Wildman–Crippen MR) is 116 cm³/mol. The van der Waals surface area contributed by atoms with E-state index in [4.69, 9.17) is 27.9 Å². The molecule has 6 nitrogen and oxygen atoms in total. The summed E-state index contributed by atoms with van der Waals surface area (Å²) < 4.78 is 5.10. The second-order valence-corrected chi connectivity index (χ2v) is 7.64. The number of benzene rings is 2. The molecule has 1 saturated heterocycles. The quantitative estimate of drug-likeness (QED) is 0.690. The molecule has 2 aromatic carbocycles. The number of halogens is 2. The van der Waals surface area contributed by atoms with E-state index >= 15 is 0 Å². The third-order valence-electron chi connectivity index (χ3n) is 4.73. The Morgan fingerprint density at radius 1 is 1.07 bits per heavy atom. The number of carbonyl (C=O) groups is 2. The normalized spacial score (nSPS) is 13.7. The third-order valence-corrected chi connectivity index (χ3v) is 5.26. The van der Waals surface area contributed by atoms with E-state index in [0.29, 0.717) is 32.7 Å². The first-order valence-electron chi connectivity index (χ1n) is 9.44. The van der Waals surface area contributed by atoms with Crippen molar-refractivity contribution < 1.29 is 14.3 Å². The zero-order valence-electron chi connectivity index (χ0n) is 16.1. The van der Waals surface area contributed by atoms with Crippen molar-refractivity contribution in [2.24, 2.45) is 0 Å². The predicted octanol–water partition coefficient (Wildman–Crippen LogP) is 4.68. The lowest BCUT2D eigenvalue weighted by Crippen LogP contribution is -2.36. The second kappa shape index (κ2) is 9.85. The first-order chi connectivity index (χ1) is 14.0. The topological polar surface area (TPSA) is 70.7 Å². The molecule has 0 aromatic heterocycles. The number of hydrogen-bond donors (Lipinski definition) is 2. The number of anilines is 2. The maximum atomic E-state index is 12.9. The summed E-state index contributed by atoms with van der Waals surface area (Å²) in [4.78, 5) is 27.1. The molecule has 1 heterocycles. The van der Waals surface area contributed by atoms with E-state index in [-0.39, 0.29) is 18.4 Å². The molecule has 1 aliphatic heterocycles. The lowest BCUT2D eigenvalue weighted by atomic mass is 10.1. The van der Waals surface area contributed by atoms with Gasteiger partial charge in [-0.15, -0.1) is 0 Å². The number of carbonyl (C=O) groups excluding carboxylic acids is 2. The van der Waals surface area contributed by atoms with Crippen molar-refractivity contribution in [1.29, 1.82) is 0 Å². The largest absolute Gasteiger partial charge is 0.495 e. The fraction of sp³-hybridized carbons (Fsp3) is 0.333. The van der Waals surface area contributed by atoms with E-state index in [2.05, 4.69) is 10.6 Å². The summed E-state index contributed by atoms with van der Waals surface area (Å²) in [6, 6.07) is 10.0. The van der Waals surface area contributed by atoms with Crippen LogP contribution in [0.3, 0.4) is 0 Å². The number of nitrogens with zero attached hydrogens (tertiary/aromatic N) is 1. The van der Waals surface area contributed by atoms with Crippen LogP contribution in [0.4, 0.5) is 11.4 Å². The van der Waals surface area contributed by atoms with Gasteiger partial charge in [-0.05, 0) is 55.7 Å². The van der Waals surface area contributed by atoms with Gasteiger partial charge < -0.3 is 20.3 Å². The Kier molecular flexibility index (Phi) is 7.23. The van der Waals surface area contributed by atoms with Gasteiger partial charge in [-0.3, -0.25) is 9.59 Å². The van der Waals surface area contributed by atoms with Gasteiger partial charge in [0.25, 0.3) is 5.91 Å². The highest BCUT2D eigenvalue weighted by Gasteiger charge is 2.21. The molecular weight excluding hydrogens is 413 g/mol. The Labute approximate surface area is 180 Å². The zero-order valence-corrected chi connectivity index (χ0v) is 17.6. The molecule has 29 heavy (non-hydrogen) atoms. The van der Waals surface area contributed by atoms with Crippen LogP contribution < -0.4 is 15.4 Å². The van der Waals surface area contributed by atoms with Crippen molar-refractivity contribution in [3.05, 3.63) is 52.0 Å². The monoisotopic (exact) mass is 435 g/mol. The molecule has 0 aliphatic carbocycles. The first-order valence-corrected chi connectivity index (χ1v) is 10.2. The standard InChI is InChI=1S/C21H23Cl2N3O3/c1-29-19-8-6-15(12-17(19)23)25-20(27)13-24-18-11-14(22)5-7-16(18)21(28)26-9-3-2-4-10-26/h5-8,11-12,24H,2-4,9-10,13H2,1H3,(H,25,27). The highest BCUT2D eigenvalue weighted by Crippen LogP contribution is 2.27. The first kappa shape index (κ1) is 21.3. The van der Waals surface area contributed by atoms with Gasteiger partial charge in [-0.25, -0.2) is 0 Å². The van der Waals surface area contributed by atoms with Crippen molar-refractivity contribution in [2.45, 2.75) is 19.3 Å². The summed E-state index contributed by atoms with van der Waals surface area (Å²) in [6.45, 7) is 1.48. The highest BCUT2D eigenvalue weighted by atomic mass is 35.5. The van der Waals surface area contributed by atoms with Crippen LogP contribution in [-0.4, -0.2) is 43.5 Å². The average Bonchev–Trinajstić information content (AvgIpc) is 2.72. The molecular formula is C21H23Cl2N3O3. The minimum atomic E-state index is -0.275. The molecule has 2 aromatic rings. The highest BCUT2D eigenvalue weighted by molar-refractivity contribution is 6.32.